The number of carboxylic acid groups (broad SMARTS) is 1. The third-order valence-electron chi connectivity index (χ3n) is 1.41. The lowest BCUT2D eigenvalue weighted by Gasteiger charge is -2.02. The third kappa shape index (κ3) is 2.71. The van der Waals surface area contributed by atoms with Crippen LogP contribution in [0.4, 0.5) is 10.5 Å². The van der Waals surface area contributed by atoms with E-state index in [9.17, 15) is 13.2 Å². The summed E-state index contributed by atoms with van der Waals surface area (Å²) >= 11 is 0. The molecule has 0 saturated heterocycles. The van der Waals surface area contributed by atoms with Crippen molar-refractivity contribution in [3.05, 3.63) is 24.3 Å². The first-order valence-electron chi connectivity index (χ1n) is 3.52. The summed E-state index contributed by atoms with van der Waals surface area (Å²) in [5.41, 5.74) is 0.157. The molecule has 0 aliphatic heterocycles. The molecule has 7 heteroatoms. The Bertz CT molecular complexity index is 455. The molecule has 4 N–H and O–H groups in total. The number of nitrogens with one attached hydrogen (secondary N) is 1. The van der Waals surface area contributed by atoms with E-state index in [1.807, 2.05) is 5.32 Å². The van der Waals surface area contributed by atoms with Gasteiger partial charge >= 0.3 is 6.09 Å². The predicted octanol–water partition coefficient (Wildman–Crippen LogP) is 0.424. The standard InChI is InChI=1S/C7H8N2O4S/c8-14(12,13)6-3-1-2-5(4-6)9-7(10)11/h1-4,9H,(H,10,11)(H2,8,12,13). The fourth-order valence-corrected chi connectivity index (χ4v) is 1.43. The first kappa shape index (κ1) is 10.5. The normalized spacial score (nSPS) is 10.9. The second-order valence-electron chi connectivity index (χ2n) is 2.50. The van der Waals surface area contributed by atoms with Crippen LogP contribution in [-0.2, 0) is 10.0 Å². The minimum Gasteiger partial charge on any atom is -0.465 e. The van der Waals surface area contributed by atoms with E-state index in [4.69, 9.17) is 10.2 Å². The van der Waals surface area contributed by atoms with Crippen molar-refractivity contribution in [2.75, 3.05) is 5.32 Å². The van der Waals surface area contributed by atoms with Crippen LogP contribution in [0.2, 0.25) is 0 Å². The van der Waals surface area contributed by atoms with Gasteiger partial charge in [0.15, 0.2) is 0 Å². The summed E-state index contributed by atoms with van der Waals surface area (Å²) in [5, 5.41) is 15.2. The van der Waals surface area contributed by atoms with E-state index in [1.165, 1.54) is 18.2 Å². The molecule has 1 aromatic carbocycles. The second kappa shape index (κ2) is 3.64. The molecule has 76 valence electrons. The zero-order chi connectivity index (χ0) is 10.8. The fraction of sp³-hybridized carbons (Fsp3) is 0. The van der Waals surface area contributed by atoms with Crippen molar-refractivity contribution in [3.63, 3.8) is 0 Å². The Labute approximate surface area is 80.4 Å². The van der Waals surface area contributed by atoms with Crippen LogP contribution >= 0.6 is 0 Å². The maximum atomic E-state index is 10.9. The number of amides is 1. The van der Waals surface area contributed by atoms with Gasteiger partial charge < -0.3 is 5.11 Å². The number of primary sulfonamides is 1. The molecule has 0 radical (unpaired) electrons. The summed E-state index contributed by atoms with van der Waals surface area (Å²) in [5.74, 6) is 0. The van der Waals surface area contributed by atoms with E-state index >= 15 is 0 Å². The average molecular weight is 216 g/mol. The first-order valence-corrected chi connectivity index (χ1v) is 5.07. The molecular weight excluding hydrogens is 208 g/mol. The van der Waals surface area contributed by atoms with Gasteiger partial charge in [0, 0.05) is 5.69 Å². The molecule has 0 spiro atoms. The minimum atomic E-state index is -3.79. The van der Waals surface area contributed by atoms with Crippen molar-refractivity contribution in [2.24, 2.45) is 5.14 Å². The van der Waals surface area contributed by atoms with Crippen molar-refractivity contribution in [3.8, 4) is 0 Å². The van der Waals surface area contributed by atoms with Crippen LogP contribution in [-0.4, -0.2) is 19.6 Å². The van der Waals surface area contributed by atoms with Gasteiger partial charge in [-0.2, -0.15) is 0 Å². The molecule has 1 rings (SSSR count). The van der Waals surface area contributed by atoms with Gasteiger partial charge in [-0.1, -0.05) is 6.07 Å². The Balaban J connectivity index is 3.08. The molecule has 1 aromatic rings. The van der Waals surface area contributed by atoms with Gasteiger partial charge in [-0.25, -0.2) is 18.4 Å². The number of nitrogens with two attached hydrogens (primary N) is 1. The summed E-state index contributed by atoms with van der Waals surface area (Å²) in [6, 6.07) is 5.24. The Hall–Kier alpha value is -1.60. The summed E-state index contributed by atoms with van der Waals surface area (Å²) in [6.45, 7) is 0. The molecule has 0 saturated carbocycles. The Kier molecular flexibility index (Phi) is 2.73. The van der Waals surface area contributed by atoms with Crippen LogP contribution in [0.3, 0.4) is 0 Å². The molecule has 6 nitrogen and oxygen atoms in total. The lowest BCUT2D eigenvalue weighted by molar-refractivity contribution is 0.209. The van der Waals surface area contributed by atoms with Gasteiger partial charge in [0.25, 0.3) is 0 Å². The maximum Gasteiger partial charge on any atom is 0.409 e. The number of rotatable bonds is 2. The van der Waals surface area contributed by atoms with Gasteiger partial charge in [-0.3, -0.25) is 5.32 Å². The van der Waals surface area contributed by atoms with E-state index in [0.717, 1.165) is 6.07 Å². The quantitative estimate of drug-likeness (QED) is 0.665. The SMILES string of the molecule is NS(=O)(=O)c1cccc(NC(=O)O)c1. The predicted molar refractivity (Wildman–Crippen MR) is 49.5 cm³/mol. The van der Waals surface area contributed by atoms with E-state index in [-0.39, 0.29) is 10.6 Å². The number of hydrogen-bond donors (Lipinski definition) is 3. The summed E-state index contributed by atoms with van der Waals surface area (Å²) in [4.78, 5) is 10.1. The zero-order valence-electron chi connectivity index (χ0n) is 6.97. The van der Waals surface area contributed by atoms with E-state index in [0.29, 0.717) is 0 Å². The number of carbonyl (C=O) groups is 1. The smallest absolute Gasteiger partial charge is 0.409 e. The fourth-order valence-electron chi connectivity index (χ4n) is 0.874. The molecule has 1 amide bonds. The topological polar surface area (TPSA) is 109 Å². The Morgan fingerprint density at radius 3 is 2.57 bits per heavy atom. The second-order valence-corrected chi connectivity index (χ2v) is 4.06. The number of benzene rings is 1. The van der Waals surface area contributed by atoms with Gasteiger partial charge in [0.1, 0.15) is 0 Å². The van der Waals surface area contributed by atoms with Gasteiger partial charge in [-0.05, 0) is 18.2 Å². The molecule has 0 aliphatic rings. The van der Waals surface area contributed by atoms with Crippen molar-refractivity contribution < 1.29 is 18.3 Å². The Morgan fingerprint density at radius 2 is 2.07 bits per heavy atom. The average Bonchev–Trinajstić information content (AvgIpc) is 2.01. The third-order valence-corrected chi connectivity index (χ3v) is 2.32. The van der Waals surface area contributed by atoms with Crippen LogP contribution in [0.1, 0.15) is 0 Å². The van der Waals surface area contributed by atoms with Crippen molar-refractivity contribution in [1.29, 1.82) is 0 Å². The molecule has 0 fully saturated rings. The molecule has 0 aromatic heterocycles. The maximum absolute atomic E-state index is 10.9. The van der Waals surface area contributed by atoms with Crippen LogP contribution in [0, 0.1) is 0 Å². The van der Waals surface area contributed by atoms with Crippen molar-refractivity contribution in [2.45, 2.75) is 4.90 Å². The molecule has 0 heterocycles. The highest BCUT2D eigenvalue weighted by molar-refractivity contribution is 7.89. The van der Waals surface area contributed by atoms with E-state index in [2.05, 4.69) is 0 Å². The summed E-state index contributed by atoms with van der Waals surface area (Å²) < 4.78 is 21.7. The summed E-state index contributed by atoms with van der Waals surface area (Å²) in [6.07, 6.45) is -1.27. The molecule has 0 aliphatic carbocycles. The van der Waals surface area contributed by atoms with Gasteiger partial charge in [0.05, 0.1) is 4.90 Å². The lowest BCUT2D eigenvalue weighted by Crippen LogP contribution is -2.13. The molecule has 0 unspecified atom stereocenters. The van der Waals surface area contributed by atoms with Gasteiger partial charge in [-0.15, -0.1) is 0 Å². The minimum absolute atomic E-state index is 0.135. The number of hydrogen-bond acceptors (Lipinski definition) is 3. The highest BCUT2D eigenvalue weighted by Crippen LogP contribution is 2.13. The van der Waals surface area contributed by atoms with E-state index in [1.54, 1.807) is 0 Å². The molecule has 14 heavy (non-hydrogen) atoms. The molecule has 0 atom stereocenters. The molecular formula is C7H8N2O4S. The zero-order valence-corrected chi connectivity index (χ0v) is 7.78. The lowest BCUT2D eigenvalue weighted by atomic mass is 10.3. The first-order chi connectivity index (χ1) is 6.39. The van der Waals surface area contributed by atoms with Crippen molar-refractivity contribution >= 4 is 21.8 Å². The highest BCUT2D eigenvalue weighted by Gasteiger charge is 2.08. The van der Waals surface area contributed by atoms with Crippen LogP contribution < -0.4 is 10.5 Å². The monoisotopic (exact) mass is 216 g/mol. The largest absolute Gasteiger partial charge is 0.465 e. The van der Waals surface area contributed by atoms with E-state index < -0.39 is 16.1 Å². The Morgan fingerprint density at radius 1 is 1.43 bits per heavy atom. The number of sulfonamides is 1. The van der Waals surface area contributed by atoms with Crippen molar-refractivity contribution in [1.82, 2.24) is 0 Å². The van der Waals surface area contributed by atoms with Crippen LogP contribution in [0.25, 0.3) is 0 Å². The highest BCUT2D eigenvalue weighted by atomic mass is 32.2. The van der Waals surface area contributed by atoms with Gasteiger partial charge in [0.2, 0.25) is 10.0 Å². The number of anilines is 1. The molecule has 0 bridgehead atoms. The summed E-state index contributed by atoms with van der Waals surface area (Å²) in [7, 11) is -3.79. The van der Waals surface area contributed by atoms with Crippen LogP contribution in [0.15, 0.2) is 29.2 Å². The van der Waals surface area contributed by atoms with Crippen LogP contribution in [0.5, 0.6) is 0 Å².